The zero-order valence-corrected chi connectivity index (χ0v) is 22.7. The molecule has 1 amide bonds. The largest absolute Gasteiger partial charge is 0.457 e. The van der Waals surface area contributed by atoms with Crippen LogP contribution in [0.5, 0.6) is 11.5 Å². The van der Waals surface area contributed by atoms with E-state index in [4.69, 9.17) is 4.74 Å². The molecular weight excluding hydrogens is 521 g/mol. The number of likely N-dealkylation sites (tertiary alicyclic amines) is 1. The monoisotopic (exact) mass is 551 g/mol. The maximum atomic E-state index is 13.2. The number of nitrogens with zero attached hydrogens (tertiary/aromatic N) is 2. The number of nitrogens with one attached hydrogen (secondary N) is 1. The lowest BCUT2D eigenvalue weighted by Crippen LogP contribution is -2.57. The normalized spacial score (nSPS) is 16.1. The Labute approximate surface area is 237 Å². The third kappa shape index (κ3) is 5.74. The van der Waals surface area contributed by atoms with Crippen molar-refractivity contribution in [1.82, 2.24) is 15.2 Å². The molecule has 2 heterocycles. The first-order valence-corrected chi connectivity index (χ1v) is 13.8. The molecule has 0 atom stereocenters. The van der Waals surface area contributed by atoms with Gasteiger partial charge in [0.05, 0.1) is 17.0 Å². The quantitative estimate of drug-likeness (QED) is 0.282. The van der Waals surface area contributed by atoms with Gasteiger partial charge < -0.3 is 15.0 Å². The van der Waals surface area contributed by atoms with Crippen molar-refractivity contribution in [2.45, 2.75) is 31.7 Å². The van der Waals surface area contributed by atoms with Gasteiger partial charge in [0.25, 0.3) is 5.91 Å². The summed E-state index contributed by atoms with van der Waals surface area (Å²) in [5.74, 6) is 0.477. The Hall–Kier alpha value is -4.43. The van der Waals surface area contributed by atoms with Crippen LogP contribution in [0.1, 0.15) is 34.3 Å². The zero-order valence-electron chi connectivity index (χ0n) is 22.7. The lowest BCUT2D eigenvalue weighted by atomic mass is 9.88. The second-order valence-corrected chi connectivity index (χ2v) is 11.1. The summed E-state index contributed by atoms with van der Waals surface area (Å²) in [7, 11) is 2.01. The Morgan fingerprint density at radius 1 is 0.927 bits per heavy atom. The molecule has 1 N–H and O–H groups in total. The maximum Gasteiger partial charge on any atom is 0.251 e. The van der Waals surface area contributed by atoms with E-state index in [1.807, 2.05) is 25.2 Å². The molecule has 2 fully saturated rings. The van der Waals surface area contributed by atoms with Crippen LogP contribution in [0.3, 0.4) is 0 Å². The van der Waals surface area contributed by atoms with E-state index in [0.717, 1.165) is 24.0 Å². The lowest BCUT2D eigenvalue weighted by molar-refractivity contribution is -0.133. The van der Waals surface area contributed by atoms with Crippen molar-refractivity contribution in [1.29, 1.82) is 0 Å². The third-order valence-electron chi connectivity index (χ3n) is 7.97. The first-order valence-electron chi connectivity index (χ1n) is 13.8. The number of rotatable bonds is 10. The molecule has 1 aliphatic heterocycles. The van der Waals surface area contributed by atoms with Gasteiger partial charge in [-0.2, -0.15) is 0 Å². The number of fused-ring (bicyclic) bond motifs is 1. The van der Waals surface area contributed by atoms with Crippen LogP contribution in [0.15, 0.2) is 79.0 Å². The number of hydrogen-bond donors (Lipinski definition) is 1. The zero-order chi connectivity index (χ0) is 28.6. The molecule has 0 unspecified atom stereocenters. The molecular formula is C33H30FN3O4. The topological polar surface area (TPSA) is 88.6 Å². The number of pyridine rings is 1. The molecule has 1 saturated heterocycles. The summed E-state index contributed by atoms with van der Waals surface area (Å²) in [6.07, 6.45) is 3.05. The number of carbonyl (C=O) groups excluding carboxylic acids is 3. The van der Waals surface area contributed by atoms with Crippen LogP contribution in [0.4, 0.5) is 4.39 Å². The number of benzene rings is 3. The van der Waals surface area contributed by atoms with Gasteiger partial charge in [-0.25, -0.2) is 4.39 Å². The van der Waals surface area contributed by atoms with E-state index in [1.165, 1.54) is 12.1 Å². The van der Waals surface area contributed by atoms with Gasteiger partial charge in [0.15, 0.2) is 11.6 Å². The minimum Gasteiger partial charge on any atom is -0.457 e. The van der Waals surface area contributed by atoms with Gasteiger partial charge in [-0.05, 0) is 79.5 Å². The number of ketones is 2. The van der Waals surface area contributed by atoms with Crippen LogP contribution in [0.2, 0.25) is 0 Å². The van der Waals surface area contributed by atoms with Crippen molar-refractivity contribution in [2.75, 3.05) is 20.1 Å². The van der Waals surface area contributed by atoms with Crippen LogP contribution < -0.4 is 10.1 Å². The molecule has 3 aromatic carbocycles. The number of carbonyl (C=O) groups is 3. The molecule has 2 aliphatic rings. The number of Topliss-reactive ketones (excluding diaryl/α,β-unsaturated/α-hetero) is 2. The SMILES string of the molecule is CN1CC(NC(=O)c2ccc3nccc(Oc4ccc(CC(=O)C5(C(=O)Cc6ccc(F)cc6)CC5)cc4)c3c2)C1. The van der Waals surface area contributed by atoms with Gasteiger partial charge in [-0.1, -0.05) is 24.3 Å². The second-order valence-electron chi connectivity index (χ2n) is 11.1. The number of likely N-dealkylation sites (N-methyl/N-ethyl adjacent to an activating group) is 1. The molecule has 41 heavy (non-hydrogen) atoms. The minimum absolute atomic E-state index is 0.0854. The van der Waals surface area contributed by atoms with Crippen LogP contribution in [0, 0.1) is 11.2 Å². The standard InChI is InChI=1S/C33H30FN3O4/c1-37-19-25(20-37)36-32(40)23-6-11-28-27(18-23)29(12-15-35-28)41-26-9-4-22(5-10-26)17-31(39)33(13-14-33)30(38)16-21-2-7-24(34)8-3-21/h2-12,15,18,25H,13-14,16-17,19-20H2,1H3,(H,36,40). The summed E-state index contributed by atoms with van der Waals surface area (Å²) in [5.41, 5.74) is 1.83. The molecule has 0 spiro atoms. The Morgan fingerprint density at radius 3 is 2.17 bits per heavy atom. The summed E-state index contributed by atoms with van der Waals surface area (Å²) in [6.45, 7) is 1.67. The van der Waals surface area contributed by atoms with Gasteiger partial charge >= 0.3 is 0 Å². The summed E-state index contributed by atoms with van der Waals surface area (Å²) in [4.78, 5) is 45.4. The molecule has 1 aliphatic carbocycles. The molecule has 4 aromatic rings. The summed E-state index contributed by atoms with van der Waals surface area (Å²) in [5, 5.41) is 3.77. The Bertz CT molecular complexity index is 1630. The highest BCUT2D eigenvalue weighted by molar-refractivity contribution is 6.11. The average molecular weight is 552 g/mol. The summed E-state index contributed by atoms with van der Waals surface area (Å²) >= 11 is 0. The fourth-order valence-electron chi connectivity index (χ4n) is 5.36. The van der Waals surface area contributed by atoms with Crippen LogP contribution in [0.25, 0.3) is 10.9 Å². The van der Waals surface area contributed by atoms with Gasteiger partial charge in [-0.3, -0.25) is 19.4 Å². The van der Waals surface area contributed by atoms with Crippen molar-refractivity contribution < 1.29 is 23.5 Å². The molecule has 6 rings (SSSR count). The van der Waals surface area contributed by atoms with E-state index in [9.17, 15) is 18.8 Å². The molecule has 1 saturated carbocycles. The Kier molecular flexibility index (Phi) is 7.09. The van der Waals surface area contributed by atoms with E-state index in [-0.39, 0.29) is 42.2 Å². The molecule has 7 nitrogen and oxygen atoms in total. The smallest absolute Gasteiger partial charge is 0.251 e. The number of hydrogen-bond acceptors (Lipinski definition) is 6. The number of aromatic nitrogens is 1. The Balaban J connectivity index is 1.11. The third-order valence-corrected chi connectivity index (χ3v) is 7.97. The van der Waals surface area contributed by atoms with E-state index in [1.54, 1.807) is 48.7 Å². The first-order chi connectivity index (χ1) is 19.8. The predicted octanol–water partition coefficient (Wildman–Crippen LogP) is 4.91. The minimum atomic E-state index is -0.932. The fourth-order valence-corrected chi connectivity index (χ4v) is 5.36. The van der Waals surface area contributed by atoms with E-state index in [0.29, 0.717) is 41.0 Å². The molecule has 8 heteroatoms. The van der Waals surface area contributed by atoms with Gasteiger partial charge in [0, 0.05) is 43.1 Å². The van der Waals surface area contributed by atoms with Crippen LogP contribution in [-0.4, -0.2) is 53.5 Å². The van der Waals surface area contributed by atoms with E-state index in [2.05, 4.69) is 15.2 Å². The van der Waals surface area contributed by atoms with Crippen molar-refractivity contribution in [3.8, 4) is 11.5 Å². The molecule has 1 aromatic heterocycles. The first kappa shape index (κ1) is 26.8. The van der Waals surface area contributed by atoms with Crippen molar-refractivity contribution >= 4 is 28.4 Å². The molecule has 208 valence electrons. The highest BCUT2D eigenvalue weighted by atomic mass is 19.1. The lowest BCUT2D eigenvalue weighted by Gasteiger charge is -2.36. The number of halogens is 1. The Morgan fingerprint density at radius 2 is 1.56 bits per heavy atom. The molecule has 0 radical (unpaired) electrons. The fraction of sp³-hybridized carbons (Fsp3) is 0.273. The van der Waals surface area contributed by atoms with Gasteiger partial charge in [-0.15, -0.1) is 0 Å². The number of ether oxygens (including phenoxy) is 1. The van der Waals surface area contributed by atoms with Gasteiger partial charge in [0.1, 0.15) is 17.3 Å². The van der Waals surface area contributed by atoms with Crippen molar-refractivity contribution in [3.63, 3.8) is 0 Å². The highest BCUT2D eigenvalue weighted by Crippen LogP contribution is 2.48. The van der Waals surface area contributed by atoms with Crippen molar-refractivity contribution in [3.05, 3.63) is 102 Å². The highest BCUT2D eigenvalue weighted by Gasteiger charge is 2.54. The predicted molar refractivity (Wildman–Crippen MR) is 152 cm³/mol. The van der Waals surface area contributed by atoms with Gasteiger partial charge in [0.2, 0.25) is 0 Å². The van der Waals surface area contributed by atoms with E-state index < -0.39 is 5.41 Å². The average Bonchev–Trinajstić information content (AvgIpc) is 3.77. The van der Waals surface area contributed by atoms with E-state index >= 15 is 0 Å². The van der Waals surface area contributed by atoms with Crippen LogP contribution in [-0.2, 0) is 22.4 Å². The molecule has 0 bridgehead atoms. The second kappa shape index (κ2) is 10.9. The summed E-state index contributed by atoms with van der Waals surface area (Å²) in [6, 6.07) is 20.3. The van der Waals surface area contributed by atoms with Crippen LogP contribution >= 0.6 is 0 Å². The maximum absolute atomic E-state index is 13.2. The van der Waals surface area contributed by atoms with Crippen molar-refractivity contribution in [2.24, 2.45) is 5.41 Å². The number of amides is 1. The summed E-state index contributed by atoms with van der Waals surface area (Å²) < 4.78 is 19.4.